The van der Waals surface area contributed by atoms with E-state index in [2.05, 4.69) is 9.97 Å². The molecule has 0 amide bonds. The fourth-order valence-electron chi connectivity index (χ4n) is 2.17. The van der Waals surface area contributed by atoms with E-state index >= 15 is 0 Å². The number of carbonyl (C=O) groups excluding carboxylic acids is 2. The quantitative estimate of drug-likeness (QED) is 0.538. The smallest absolute Gasteiger partial charge is 0.358 e. The number of nitrogens with two attached hydrogens (primary N) is 1. The number of ether oxygens (including phenoxy) is 1. The molecule has 0 saturated carbocycles. The Bertz CT molecular complexity index is 916. The van der Waals surface area contributed by atoms with E-state index < -0.39 is 29.6 Å². The molecule has 0 unspecified atom stereocenters. The second kappa shape index (κ2) is 7.51. The topological polar surface area (TPSA) is 139 Å². The van der Waals surface area contributed by atoms with Crippen LogP contribution in [-0.4, -0.2) is 37.5 Å². The molecule has 10 nitrogen and oxygen atoms in total. The Kier molecular flexibility index (Phi) is 5.42. The van der Waals surface area contributed by atoms with Crippen molar-refractivity contribution in [2.75, 3.05) is 12.3 Å². The van der Waals surface area contributed by atoms with Crippen molar-refractivity contribution in [3.63, 3.8) is 0 Å². The van der Waals surface area contributed by atoms with Gasteiger partial charge in [-0.15, -0.1) is 0 Å². The maximum atomic E-state index is 12.3. The van der Waals surface area contributed by atoms with Crippen LogP contribution in [0.15, 0.2) is 28.2 Å². The van der Waals surface area contributed by atoms with E-state index in [-0.39, 0.29) is 23.6 Å². The first-order valence-corrected chi connectivity index (χ1v) is 7.44. The monoisotopic (exact) mass is 347 g/mol. The van der Waals surface area contributed by atoms with Gasteiger partial charge in [-0.25, -0.2) is 14.6 Å². The van der Waals surface area contributed by atoms with E-state index in [9.17, 15) is 19.2 Å². The Morgan fingerprint density at radius 2 is 2.00 bits per heavy atom. The van der Waals surface area contributed by atoms with Crippen molar-refractivity contribution < 1.29 is 14.3 Å². The summed E-state index contributed by atoms with van der Waals surface area (Å²) in [5.74, 6) is -1.91. The first-order valence-electron chi connectivity index (χ1n) is 7.44. The van der Waals surface area contributed by atoms with Gasteiger partial charge >= 0.3 is 11.7 Å². The second-order valence-electron chi connectivity index (χ2n) is 5.15. The molecule has 2 rings (SSSR count). The van der Waals surface area contributed by atoms with Crippen molar-refractivity contribution >= 4 is 17.6 Å². The highest BCUT2D eigenvalue weighted by atomic mass is 16.5. The van der Waals surface area contributed by atoms with E-state index in [1.165, 1.54) is 25.6 Å². The van der Waals surface area contributed by atoms with Gasteiger partial charge in [0.05, 0.1) is 6.20 Å². The van der Waals surface area contributed by atoms with Crippen LogP contribution in [0, 0.1) is 0 Å². The Morgan fingerprint density at radius 1 is 1.28 bits per heavy atom. The lowest BCUT2D eigenvalue weighted by Crippen LogP contribution is -2.43. The zero-order valence-electron chi connectivity index (χ0n) is 13.8. The minimum Gasteiger partial charge on any atom is -0.453 e. The maximum absolute atomic E-state index is 12.3. The molecule has 0 radical (unpaired) electrons. The van der Waals surface area contributed by atoms with E-state index in [4.69, 9.17) is 10.5 Å². The summed E-state index contributed by atoms with van der Waals surface area (Å²) in [5.41, 5.74) is 3.91. The summed E-state index contributed by atoms with van der Waals surface area (Å²) in [6, 6.07) is 0. The van der Waals surface area contributed by atoms with Gasteiger partial charge in [-0.2, -0.15) is 0 Å². The maximum Gasteiger partial charge on any atom is 0.358 e. The highest BCUT2D eigenvalue weighted by Gasteiger charge is 2.22. The van der Waals surface area contributed by atoms with Crippen molar-refractivity contribution in [2.24, 2.45) is 7.05 Å². The van der Waals surface area contributed by atoms with Gasteiger partial charge in [-0.05, 0) is 6.42 Å². The molecule has 0 fully saturated rings. The minimum atomic E-state index is -0.862. The standard InChI is InChI=1S/C15H17N5O5/c1-3-6-20-12(16)11(13(22)19(2)15(20)24)10(21)8-25-14(23)9-7-17-4-5-18-9/h4-5,7H,3,6,8,16H2,1-2H3. The molecule has 2 aromatic heterocycles. The molecular weight excluding hydrogens is 330 g/mol. The summed E-state index contributed by atoms with van der Waals surface area (Å²) in [6.45, 7) is 1.36. The normalized spacial score (nSPS) is 10.5. The lowest BCUT2D eigenvalue weighted by molar-refractivity contribution is 0.0468. The third-order valence-corrected chi connectivity index (χ3v) is 3.42. The molecule has 0 aliphatic heterocycles. The van der Waals surface area contributed by atoms with Crippen molar-refractivity contribution in [3.8, 4) is 0 Å². The number of carbonyl (C=O) groups is 2. The molecular formula is C15H17N5O5. The summed E-state index contributed by atoms with van der Waals surface area (Å²) in [6.07, 6.45) is 4.44. The zero-order valence-corrected chi connectivity index (χ0v) is 13.8. The molecule has 25 heavy (non-hydrogen) atoms. The van der Waals surface area contributed by atoms with Gasteiger partial charge in [-0.1, -0.05) is 6.92 Å². The lowest BCUT2D eigenvalue weighted by atomic mass is 10.2. The number of anilines is 1. The van der Waals surface area contributed by atoms with Gasteiger partial charge in [0.2, 0.25) is 5.78 Å². The van der Waals surface area contributed by atoms with Crippen LogP contribution in [0.5, 0.6) is 0 Å². The molecule has 0 aliphatic rings. The number of aromatic nitrogens is 4. The van der Waals surface area contributed by atoms with Gasteiger partial charge in [0, 0.05) is 26.0 Å². The van der Waals surface area contributed by atoms with Crippen LogP contribution in [-0.2, 0) is 18.3 Å². The lowest BCUT2D eigenvalue weighted by Gasteiger charge is -2.13. The van der Waals surface area contributed by atoms with Crippen molar-refractivity contribution in [3.05, 3.63) is 50.7 Å². The molecule has 0 saturated heterocycles. The average Bonchev–Trinajstić information content (AvgIpc) is 2.62. The van der Waals surface area contributed by atoms with Crippen molar-refractivity contribution in [2.45, 2.75) is 19.9 Å². The van der Waals surface area contributed by atoms with E-state index in [0.717, 1.165) is 9.13 Å². The molecule has 2 heterocycles. The third kappa shape index (κ3) is 3.62. The summed E-state index contributed by atoms with van der Waals surface area (Å²) in [4.78, 5) is 55.8. The minimum absolute atomic E-state index is 0.0767. The van der Waals surface area contributed by atoms with Crippen LogP contribution in [0.4, 0.5) is 5.82 Å². The second-order valence-corrected chi connectivity index (χ2v) is 5.15. The van der Waals surface area contributed by atoms with Crippen LogP contribution >= 0.6 is 0 Å². The number of ketones is 1. The SMILES string of the molecule is CCCn1c(N)c(C(=O)COC(=O)c2cnccn2)c(=O)n(C)c1=O. The van der Waals surface area contributed by atoms with Gasteiger partial charge in [0.25, 0.3) is 5.56 Å². The fraction of sp³-hybridized carbons (Fsp3) is 0.333. The van der Waals surface area contributed by atoms with Gasteiger partial charge in [0.15, 0.2) is 12.3 Å². The molecule has 2 aromatic rings. The predicted octanol–water partition coefficient (Wildman–Crippen LogP) is -0.631. The van der Waals surface area contributed by atoms with Crippen LogP contribution in [0.25, 0.3) is 0 Å². The summed E-state index contributed by atoms with van der Waals surface area (Å²) in [5, 5.41) is 0. The van der Waals surface area contributed by atoms with Crippen LogP contribution in [0.1, 0.15) is 34.2 Å². The number of hydrogen-bond acceptors (Lipinski definition) is 8. The number of Topliss-reactive ketones (excluding diaryl/α,β-unsaturated/α-hetero) is 1. The third-order valence-electron chi connectivity index (χ3n) is 3.42. The van der Waals surface area contributed by atoms with E-state index in [1.807, 2.05) is 6.92 Å². The average molecular weight is 347 g/mol. The largest absolute Gasteiger partial charge is 0.453 e. The zero-order chi connectivity index (χ0) is 18.6. The van der Waals surface area contributed by atoms with Crippen LogP contribution < -0.4 is 17.0 Å². The summed E-state index contributed by atoms with van der Waals surface area (Å²) < 4.78 is 6.78. The molecule has 0 spiro atoms. The highest BCUT2D eigenvalue weighted by Crippen LogP contribution is 2.07. The first kappa shape index (κ1) is 18.0. The first-order chi connectivity index (χ1) is 11.9. The molecule has 132 valence electrons. The Morgan fingerprint density at radius 3 is 2.60 bits per heavy atom. The number of nitrogens with zero attached hydrogens (tertiary/aromatic N) is 4. The van der Waals surface area contributed by atoms with Crippen LogP contribution in [0.3, 0.4) is 0 Å². The Balaban J connectivity index is 2.29. The van der Waals surface area contributed by atoms with Gasteiger partial charge in [0.1, 0.15) is 11.4 Å². The molecule has 0 aromatic carbocycles. The number of hydrogen-bond donors (Lipinski definition) is 1. The van der Waals surface area contributed by atoms with Gasteiger partial charge in [-0.3, -0.25) is 23.7 Å². The summed E-state index contributed by atoms with van der Waals surface area (Å²) >= 11 is 0. The van der Waals surface area contributed by atoms with E-state index in [1.54, 1.807) is 0 Å². The highest BCUT2D eigenvalue weighted by molar-refractivity contribution is 6.02. The predicted molar refractivity (Wildman–Crippen MR) is 87.3 cm³/mol. The number of esters is 1. The molecule has 0 atom stereocenters. The Hall–Kier alpha value is -3.30. The molecule has 0 aliphatic carbocycles. The fourth-order valence-corrected chi connectivity index (χ4v) is 2.17. The number of nitrogen functional groups attached to an aromatic ring is 1. The number of rotatable bonds is 6. The molecule has 2 N–H and O–H groups in total. The summed E-state index contributed by atoms with van der Waals surface area (Å²) in [7, 11) is 1.25. The van der Waals surface area contributed by atoms with Crippen LogP contribution in [0.2, 0.25) is 0 Å². The van der Waals surface area contributed by atoms with Crippen molar-refractivity contribution in [1.29, 1.82) is 0 Å². The van der Waals surface area contributed by atoms with Crippen molar-refractivity contribution in [1.82, 2.24) is 19.1 Å². The molecule has 0 bridgehead atoms. The van der Waals surface area contributed by atoms with E-state index in [0.29, 0.717) is 6.42 Å². The van der Waals surface area contributed by atoms with Gasteiger partial charge < -0.3 is 10.5 Å². The molecule has 10 heteroatoms. The Labute approximate surface area is 141 Å².